The van der Waals surface area contributed by atoms with Gasteiger partial charge in [0.1, 0.15) is 11.8 Å². The number of hydrogen-bond donors (Lipinski definition) is 3. The summed E-state index contributed by atoms with van der Waals surface area (Å²) >= 11 is 6.28. The molecule has 4 N–H and O–H groups in total. The summed E-state index contributed by atoms with van der Waals surface area (Å²) in [5, 5.41) is 17.1. The fraction of sp³-hybridized carbons (Fsp3) is 0.167. The lowest BCUT2D eigenvalue weighted by molar-refractivity contribution is -0.767. The molecule has 3 aromatic carbocycles. The number of phenolic OH excluding ortho intramolecular Hbond substituents is 1. The number of para-hydroxylation sites is 1. The molecule has 142 valence electrons. The third-order valence-electron chi connectivity index (χ3n) is 5.34. The van der Waals surface area contributed by atoms with Gasteiger partial charge in [0.25, 0.3) is 0 Å². The standard InChI is InChI=1S/C24H23ClN2O/c1-16-10-12-17(13-11-16)21-15-22(20-8-3-4-9-23(20)28)27-24(2,26-21)18-6-5-7-19(25)14-18/h3-15,22,26-28H,1-2H3/p+1. The quantitative estimate of drug-likeness (QED) is 0.616. The van der Waals surface area contributed by atoms with Gasteiger partial charge in [0.2, 0.25) is 0 Å². The van der Waals surface area contributed by atoms with Crippen molar-refractivity contribution in [3.05, 3.63) is 106 Å². The van der Waals surface area contributed by atoms with Gasteiger partial charge in [0, 0.05) is 29.3 Å². The predicted molar refractivity (Wildman–Crippen MR) is 114 cm³/mol. The number of quaternary nitrogens is 1. The maximum atomic E-state index is 10.5. The predicted octanol–water partition coefficient (Wildman–Crippen LogP) is 4.48. The topological polar surface area (TPSA) is 48.9 Å². The van der Waals surface area contributed by atoms with Crippen LogP contribution in [0, 0.1) is 6.92 Å². The largest absolute Gasteiger partial charge is 0.507 e. The van der Waals surface area contributed by atoms with Gasteiger partial charge in [-0.25, -0.2) is 0 Å². The van der Waals surface area contributed by atoms with E-state index in [4.69, 9.17) is 11.6 Å². The first-order valence-corrected chi connectivity index (χ1v) is 9.79. The maximum Gasteiger partial charge on any atom is 0.193 e. The Labute approximate surface area is 170 Å². The van der Waals surface area contributed by atoms with E-state index in [-0.39, 0.29) is 6.04 Å². The Morgan fingerprint density at radius 1 is 1.00 bits per heavy atom. The van der Waals surface area contributed by atoms with E-state index >= 15 is 0 Å². The molecule has 0 fully saturated rings. The van der Waals surface area contributed by atoms with Crippen LogP contribution in [0.4, 0.5) is 0 Å². The molecule has 0 aromatic heterocycles. The molecule has 0 aliphatic carbocycles. The number of aryl methyl sites for hydroxylation is 1. The van der Waals surface area contributed by atoms with Gasteiger partial charge in [-0.15, -0.1) is 0 Å². The molecule has 2 unspecified atom stereocenters. The Bertz CT molecular complexity index is 1030. The van der Waals surface area contributed by atoms with E-state index in [2.05, 4.69) is 60.9 Å². The van der Waals surface area contributed by atoms with Gasteiger partial charge in [-0.1, -0.05) is 65.7 Å². The van der Waals surface area contributed by atoms with Crippen LogP contribution in [0.1, 0.15) is 35.2 Å². The van der Waals surface area contributed by atoms with Gasteiger partial charge in [-0.2, -0.15) is 0 Å². The molecule has 1 aliphatic heterocycles. The molecule has 0 saturated carbocycles. The summed E-state index contributed by atoms with van der Waals surface area (Å²) < 4.78 is 0. The zero-order valence-electron chi connectivity index (χ0n) is 16.0. The summed E-state index contributed by atoms with van der Waals surface area (Å²) in [5.74, 6) is 0.304. The molecule has 0 radical (unpaired) electrons. The average Bonchev–Trinajstić information content (AvgIpc) is 2.68. The number of rotatable bonds is 3. The van der Waals surface area contributed by atoms with Gasteiger partial charge in [-0.3, -0.25) is 0 Å². The van der Waals surface area contributed by atoms with Crippen LogP contribution in [0.15, 0.2) is 78.9 Å². The summed E-state index contributed by atoms with van der Waals surface area (Å²) in [4.78, 5) is 0. The first-order chi connectivity index (χ1) is 13.4. The monoisotopic (exact) mass is 391 g/mol. The highest BCUT2D eigenvalue weighted by Gasteiger charge is 2.39. The molecule has 3 aromatic rings. The SMILES string of the molecule is Cc1ccc(C2=CC(c3ccccc3O)[NH2+]C(C)(c3cccc(Cl)c3)N2)cc1. The molecule has 0 spiro atoms. The van der Waals surface area contributed by atoms with Crippen LogP contribution in [-0.2, 0) is 5.66 Å². The van der Waals surface area contributed by atoms with E-state index < -0.39 is 5.66 Å². The molecule has 1 aliphatic rings. The molecule has 1 heterocycles. The Morgan fingerprint density at radius 3 is 2.46 bits per heavy atom. The van der Waals surface area contributed by atoms with Crippen molar-refractivity contribution in [3.8, 4) is 5.75 Å². The molecule has 0 bridgehead atoms. The van der Waals surface area contributed by atoms with Crippen LogP contribution in [0.3, 0.4) is 0 Å². The molecule has 4 rings (SSSR count). The van der Waals surface area contributed by atoms with Crippen molar-refractivity contribution in [3.63, 3.8) is 0 Å². The van der Waals surface area contributed by atoms with Crippen molar-refractivity contribution < 1.29 is 10.4 Å². The third-order valence-corrected chi connectivity index (χ3v) is 5.57. The van der Waals surface area contributed by atoms with Gasteiger partial charge in [0.05, 0.1) is 5.56 Å². The average molecular weight is 392 g/mol. The third kappa shape index (κ3) is 3.64. The number of hydrogen-bond acceptors (Lipinski definition) is 2. The molecular weight excluding hydrogens is 368 g/mol. The fourth-order valence-corrected chi connectivity index (χ4v) is 3.97. The van der Waals surface area contributed by atoms with E-state index in [9.17, 15) is 5.11 Å². The van der Waals surface area contributed by atoms with Crippen molar-refractivity contribution in [1.29, 1.82) is 0 Å². The van der Waals surface area contributed by atoms with Crippen LogP contribution in [-0.4, -0.2) is 5.11 Å². The van der Waals surface area contributed by atoms with Crippen molar-refractivity contribution in [2.45, 2.75) is 25.6 Å². The first-order valence-electron chi connectivity index (χ1n) is 9.42. The molecular formula is C24H24ClN2O+. The summed E-state index contributed by atoms with van der Waals surface area (Å²) in [6.45, 7) is 4.23. The first kappa shape index (κ1) is 18.6. The lowest BCUT2D eigenvalue weighted by Crippen LogP contribution is -2.99. The van der Waals surface area contributed by atoms with Gasteiger partial charge < -0.3 is 15.7 Å². The maximum absolute atomic E-state index is 10.5. The second-order valence-corrected chi connectivity index (χ2v) is 7.97. The van der Waals surface area contributed by atoms with Crippen LogP contribution in [0.2, 0.25) is 5.02 Å². The molecule has 2 atom stereocenters. The van der Waals surface area contributed by atoms with E-state index in [1.165, 1.54) is 5.56 Å². The molecule has 28 heavy (non-hydrogen) atoms. The molecule has 0 amide bonds. The number of phenols is 1. The minimum Gasteiger partial charge on any atom is -0.507 e. The number of nitrogens with two attached hydrogens (primary N) is 1. The zero-order chi connectivity index (χ0) is 19.7. The van der Waals surface area contributed by atoms with E-state index in [0.717, 1.165) is 22.4 Å². The Balaban J connectivity index is 1.82. The Hall–Kier alpha value is -2.75. The fourth-order valence-electron chi connectivity index (χ4n) is 3.78. The molecule has 0 saturated heterocycles. The highest BCUT2D eigenvalue weighted by molar-refractivity contribution is 6.30. The molecule has 3 nitrogen and oxygen atoms in total. The lowest BCUT2D eigenvalue weighted by Gasteiger charge is -2.38. The molecule has 4 heteroatoms. The Kier molecular flexibility index (Phi) is 4.88. The summed E-state index contributed by atoms with van der Waals surface area (Å²) in [5.41, 5.74) is 4.92. The van der Waals surface area contributed by atoms with E-state index in [1.54, 1.807) is 6.07 Å². The van der Waals surface area contributed by atoms with E-state index in [0.29, 0.717) is 10.8 Å². The van der Waals surface area contributed by atoms with Crippen LogP contribution in [0.5, 0.6) is 5.75 Å². The summed E-state index contributed by atoms with van der Waals surface area (Å²) in [6.07, 6.45) is 2.17. The highest BCUT2D eigenvalue weighted by atomic mass is 35.5. The normalized spacial score (nSPS) is 21.7. The van der Waals surface area contributed by atoms with Crippen LogP contribution >= 0.6 is 11.6 Å². The van der Waals surface area contributed by atoms with Gasteiger partial charge in [-0.05, 0) is 36.8 Å². The van der Waals surface area contributed by atoms with Gasteiger partial charge >= 0.3 is 0 Å². The number of nitrogens with one attached hydrogen (secondary N) is 1. The van der Waals surface area contributed by atoms with Crippen molar-refractivity contribution in [2.75, 3.05) is 0 Å². The van der Waals surface area contributed by atoms with Crippen LogP contribution in [0.25, 0.3) is 5.70 Å². The minimum absolute atomic E-state index is 0.0391. The smallest absolute Gasteiger partial charge is 0.193 e. The van der Waals surface area contributed by atoms with Crippen molar-refractivity contribution in [1.82, 2.24) is 5.32 Å². The van der Waals surface area contributed by atoms with Crippen molar-refractivity contribution >= 4 is 17.3 Å². The number of benzene rings is 3. The van der Waals surface area contributed by atoms with Crippen LogP contribution < -0.4 is 10.6 Å². The number of halogens is 1. The van der Waals surface area contributed by atoms with E-state index in [1.807, 2.05) is 36.4 Å². The lowest BCUT2D eigenvalue weighted by atomic mass is 9.92. The number of aromatic hydroxyl groups is 1. The second-order valence-electron chi connectivity index (χ2n) is 7.54. The van der Waals surface area contributed by atoms with Gasteiger partial charge in [0.15, 0.2) is 5.66 Å². The Morgan fingerprint density at radius 2 is 1.75 bits per heavy atom. The highest BCUT2D eigenvalue weighted by Crippen LogP contribution is 2.31. The minimum atomic E-state index is -0.438. The zero-order valence-corrected chi connectivity index (χ0v) is 16.7. The van der Waals surface area contributed by atoms with Crippen molar-refractivity contribution in [2.24, 2.45) is 0 Å². The summed E-state index contributed by atoms with van der Waals surface area (Å²) in [7, 11) is 0. The summed E-state index contributed by atoms with van der Waals surface area (Å²) in [6, 6.07) is 23.9. The second kappa shape index (κ2) is 7.34.